The summed E-state index contributed by atoms with van der Waals surface area (Å²) in [6.45, 7) is 17.0. The first-order valence-corrected chi connectivity index (χ1v) is 15.7. The second kappa shape index (κ2) is 9.88. The first-order valence-electron chi connectivity index (χ1n) is 12.8. The number of hydrogen-bond acceptors (Lipinski definition) is 3. The number of aliphatic hydroxyl groups is 1. The van der Waals surface area contributed by atoms with Gasteiger partial charge in [0, 0.05) is 41.3 Å². The van der Waals surface area contributed by atoms with Gasteiger partial charge in [0.2, 0.25) is 0 Å². The number of nitrogens with zero attached hydrogens (tertiary/aromatic N) is 3. The molecular weight excluding hydrogens is 502 g/mol. The third-order valence-electron chi connectivity index (χ3n) is 8.26. The largest absolute Gasteiger partial charge is 0.385 e. The molecular formula is C28H40BrN3OSi. The topological polar surface area (TPSA) is 41.3 Å². The van der Waals surface area contributed by atoms with Gasteiger partial charge in [0.1, 0.15) is 5.65 Å². The quantitative estimate of drug-likeness (QED) is 0.319. The minimum atomic E-state index is -1.94. The van der Waals surface area contributed by atoms with E-state index in [1.54, 1.807) is 0 Å². The van der Waals surface area contributed by atoms with Crippen molar-refractivity contribution in [1.82, 2.24) is 14.1 Å². The van der Waals surface area contributed by atoms with E-state index in [9.17, 15) is 5.11 Å². The van der Waals surface area contributed by atoms with E-state index in [0.29, 0.717) is 16.6 Å². The van der Waals surface area contributed by atoms with E-state index in [2.05, 4.69) is 109 Å². The van der Waals surface area contributed by atoms with E-state index in [1.807, 2.05) is 6.20 Å². The predicted octanol–water partition coefficient (Wildman–Crippen LogP) is 7.31. The van der Waals surface area contributed by atoms with E-state index in [4.69, 9.17) is 4.98 Å². The summed E-state index contributed by atoms with van der Waals surface area (Å²) in [5, 5.41) is 13.1. The maximum Gasteiger partial charge on any atom is 0.171 e. The van der Waals surface area contributed by atoms with Crippen molar-refractivity contribution >= 4 is 35.2 Å². The fourth-order valence-electron chi connectivity index (χ4n) is 6.85. The normalized spacial score (nSPS) is 17.4. The monoisotopic (exact) mass is 541 g/mol. The molecule has 0 unspecified atom stereocenters. The molecule has 6 heteroatoms. The number of likely N-dealkylation sites (tertiary alicyclic amines) is 1. The van der Waals surface area contributed by atoms with Crippen molar-refractivity contribution in [3.05, 3.63) is 64.4 Å². The Morgan fingerprint density at radius 3 is 2.12 bits per heavy atom. The Hall–Kier alpha value is -1.47. The fraction of sp³-hybridized carbons (Fsp3) is 0.536. The van der Waals surface area contributed by atoms with Gasteiger partial charge in [0.05, 0.1) is 5.60 Å². The summed E-state index contributed by atoms with van der Waals surface area (Å²) in [5.41, 5.74) is 4.30. The molecule has 0 aliphatic carbocycles. The minimum Gasteiger partial charge on any atom is -0.385 e. The summed E-state index contributed by atoms with van der Waals surface area (Å²) in [6.07, 6.45) is 5.64. The highest BCUT2D eigenvalue weighted by Crippen LogP contribution is 2.46. The fourth-order valence-corrected chi connectivity index (χ4v) is 14.1. The van der Waals surface area contributed by atoms with Crippen LogP contribution in [-0.4, -0.2) is 40.5 Å². The average molecular weight is 543 g/mol. The van der Waals surface area contributed by atoms with Gasteiger partial charge in [0.25, 0.3) is 0 Å². The van der Waals surface area contributed by atoms with Crippen molar-refractivity contribution < 1.29 is 5.11 Å². The van der Waals surface area contributed by atoms with Crippen LogP contribution in [0.1, 0.15) is 65.5 Å². The molecule has 1 saturated heterocycles. The smallest absolute Gasteiger partial charge is 0.171 e. The Morgan fingerprint density at radius 2 is 1.56 bits per heavy atom. The van der Waals surface area contributed by atoms with Crippen LogP contribution in [0.3, 0.4) is 0 Å². The maximum absolute atomic E-state index is 12.0. The molecule has 1 fully saturated rings. The zero-order chi connectivity index (χ0) is 24.7. The zero-order valence-electron chi connectivity index (χ0n) is 21.6. The SMILES string of the molecule is CC(C)[Si](C(C)C)(C(C)C)n1ccc2c(C3(O)CCN(Cc4ccccc4)CC3)c(Br)cnc21. The van der Waals surface area contributed by atoms with Crippen LogP contribution in [-0.2, 0) is 12.1 Å². The van der Waals surface area contributed by atoms with Crippen molar-refractivity contribution in [3.8, 4) is 0 Å². The third kappa shape index (κ3) is 4.32. The first-order chi connectivity index (χ1) is 16.1. The van der Waals surface area contributed by atoms with Gasteiger partial charge in [-0.05, 0) is 63.2 Å². The second-order valence-electron chi connectivity index (χ2n) is 11.0. The molecule has 4 rings (SSSR count). The van der Waals surface area contributed by atoms with Crippen LogP contribution >= 0.6 is 15.9 Å². The first kappa shape index (κ1) is 25.6. The van der Waals surface area contributed by atoms with Gasteiger partial charge in [-0.25, -0.2) is 4.98 Å². The Labute approximate surface area is 214 Å². The van der Waals surface area contributed by atoms with Crippen molar-refractivity contribution in [1.29, 1.82) is 0 Å². The minimum absolute atomic E-state index is 0.585. The lowest BCUT2D eigenvalue weighted by atomic mass is 9.83. The molecule has 2 aromatic heterocycles. The number of aromatic nitrogens is 2. The number of fused-ring (bicyclic) bond motifs is 1. The Bertz CT molecular complexity index is 1100. The molecule has 34 heavy (non-hydrogen) atoms. The van der Waals surface area contributed by atoms with Crippen LogP contribution in [0.5, 0.6) is 0 Å². The van der Waals surface area contributed by atoms with Gasteiger partial charge in [0.15, 0.2) is 8.24 Å². The number of benzene rings is 1. The van der Waals surface area contributed by atoms with E-state index in [-0.39, 0.29) is 0 Å². The van der Waals surface area contributed by atoms with E-state index >= 15 is 0 Å². The molecule has 0 spiro atoms. The van der Waals surface area contributed by atoms with Gasteiger partial charge in [-0.2, -0.15) is 0 Å². The van der Waals surface area contributed by atoms with Gasteiger partial charge in [-0.15, -0.1) is 0 Å². The maximum atomic E-state index is 12.0. The summed E-state index contributed by atoms with van der Waals surface area (Å²) >= 11 is 3.77. The average Bonchev–Trinajstić information content (AvgIpc) is 3.19. The number of piperidine rings is 1. The molecule has 1 aliphatic heterocycles. The molecule has 1 aromatic carbocycles. The number of rotatable bonds is 7. The molecule has 3 aromatic rings. The van der Waals surface area contributed by atoms with Gasteiger partial charge >= 0.3 is 0 Å². The molecule has 0 radical (unpaired) electrons. The molecule has 1 N–H and O–H groups in total. The molecule has 0 atom stereocenters. The molecule has 1 aliphatic rings. The Balaban J connectivity index is 1.71. The van der Waals surface area contributed by atoms with E-state index < -0.39 is 13.8 Å². The zero-order valence-corrected chi connectivity index (χ0v) is 24.1. The van der Waals surface area contributed by atoms with Gasteiger partial charge < -0.3 is 9.34 Å². The molecule has 3 heterocycles. The molecule has 4 nitrogen and oxygen atoms in total. The van der Waals surface area contributed by atoms with Crippen molar-refractivity contribution in [2.45, 2.75) is 83.2 Å². The molecule has 0 amide bonds. The lowest BCUT2D eigenvalue weighted by molar-refractivity contribution is -0.0271. The summed E-state index contributed by atoms with van der Waals surface area (Å²) in [6, 6.07) is 12.8. The highest BCUT2D eigenvalue weighted by Gasteiger charge is 2.46. The predicted molar refractivity (Wildman–Crippen MR) is 149 cm³/mol. The van der Waals surface area contributed by atoms with Crippen LogP contribution in [0.4, 0.5) is 0 Å². The summed E-state index contributed by atoms with van der Waals surface area (Å²) in [7, 11) is -1.94. The van der Waals surface area contributed by atoms with Crippen LogP contribution < -0.4 is 0 Å². The van der Waals surface area contributed by atoms with Crippen molar-refractivity contribution in [2.24, 2.45) is 0 Å². The van der Waals surface area contributed by atoms with Gasteiger partial charge in [-0.3, -0.25) is 4.90 Å². The van der Waals surface area contributed by atoms with Crippen molar-refractivity contribution in [3.63, 3.8) is 0 Å². The van der Waals surface area contributed by atoms with E-state index in [1.165, 1.54) is 5.56 Å². The second-order valence-corrected chi connectivity index (χ2v) is 17.6. The lowest BCUT2D eigenvalue weighted by Gasteiger charge is -2.44. The van der Waals surface area contributed by atoms with Crippen LogP contribution in [0.2, 0.25) is 16.6 Å². The summed E-state index contributed by atoms with van der Waals surface area (Å²) < 4.78 is 3.47. The Kier molecular flexibility index (Phi) is 7.44. The highest BCUT2D eigenvalue weighted by atomic mass is 79.9. The summed E-state index contributed by atoms with van der Waals surface area (Å²) in [5.74, 6) is 0. The Morgan fingerprint density at radius 1 is 0.971 bits per heavy atom. The third-order valence-corrected chi connectivity index (χ3v) is 15.6. The highest BCUT2D eigenvalue weighted by molar-refractivity contribution is 9.10. The number of hydrogen-bond donors (Lipinski definition) is 1. The summed E-state index contributed by atoms with van der Waals surface area (Å²) in [4.78, 5) is 7.39. The number of pyridine rings is 1. The van der Waals surface area contributed by atoms with Gasteiger partial charge in [-0.1, -0.05) is 71.9 Å². The van der Waals surface area contributed by atoms with Crippen LogP contribution in [0.25, 0.3) is 11.0 Å². The molecule has 0 saturated carbocycles. The lowest BCUT2D eigenvalue weighted by Crippen LogP contribution is -2.51. The van der Waals surface area contributed by atoms with Crippen molar-refractivity contribution in [2.75, 3.05) is 13.1 Å². The number of halogens is 1. The van der Waals surface area contributed by atoms with Crippen LogP contribution in [0.15, 0.2) is 53.3 Å². The van der Waals surface area contributed by atoms with Crippen LogP contribution in [0, 0.1) is 0 Å². The molecule has 184 valence electrons. The standard InChI is InChI=1S/C28H40BrN3OSi/c1-20(2)34(21(3)4,22(5)6)32-15-12-24-26(25(29)18-30-27(24)32)28(33)13-16-31(17-14-28)19-23-10-8-7-9-11-23/h7-12,15,18,20-22,33H,13-14,16-17,19H2,1-6H3. The molecule has 0 bridgehead atoms. The van der Waals surface area contributed by atoms with E-state index in [0.717, 1.165) is 53.5 Å².